The van der Waals surface area contributed by atoms with E-state index >= 15 is 0 Å². The van der Waals surface area contributed by atoms with Crippen LogP contribution >= 0.6 is 0 Å². The molecule has 0 amide bonds. The van der Waals surface area contributed by atoms with E-state index in [1.54, 1.807) is 0 Å². The summed E-state index contributed by atoms with van der Waals surface area (Å²) in [5.74, 6) is -0.137. The van der Waals surface area contributed by atoms with E-state index < -0.39 is 18.9 Å². The van der Waals surface area contributed by atoms with E-state index in [1.807, 2.05) is 0 Å². The Hall–Kier alpha value is -1.68. The number of nitro benzene ring substituents is 1. The predicted octanol–water partition coefficient (Wildman–Crippen LogP) is -1.39. The Balaban J connectivity index is 0.00000225. The van der Waals surface area contributed by atoms with Gasteiger partial charge < -0.3 is 25.3 Å². The van der Waals surface area contributed by atoms with Crippen LogP contribution in [0.2, 0.25) is 0 Å². The Labute approximate surface area is 90.4 Å². The van der Waals surface area contributed by atoms with E-state index in [-0.39, 0.29) is 22.5 Å². The van der Waals surface area contributed by atoms with Crippen molar-refractivity contribution in [2.45, 2.75) is 6.61 Å². The van der Waals surface area contributed by atoms with Gasteiger partial charge in [-0.2, -0.15) is 0 Å². The van der Waals surface area contributed by atoms with Crippen LogP contribution in [0.5, 0.6) is 5.75 Å². The topological polar surface area (TPSA) is 145 Å². The van der Waals surface area contributed by atoms with Gasteiger partial charge in [-0.3, -0.25) is 10.1 Å². The van der Waals surface area contributed by atoms with Crippen molar-refractivity contribution < 1.29 is 30.2 Å². The molecular weight excluding hydrogens is 221 g/mol. The maximum Gasteiger partial charge on any atom is 0.707 e. The molecule has 0 saturated carbocycles. The number of hydrogen-bond donors (Lipinski definition) is 3. The summed E-state index contributed by atoms with van der Waals surface area (Å²) in [6, 6.07) is 3.46. The zero-order valence-corrected chi connectivity index (χ0v) is 8.03. The largest absolute Gasteiger partial charge is 0.707 e. The van der Waals surface area contributed by atoms with E-state index in [2.05, 4.69) is 4.65 Å². The quantitative estimate of drug-likeness (QED) is 0.330. The average molecular weight is 231 g/mol. The molecule has 5 N–H and O–H groups in total. The van der Waals surface area contributed by atoms with Gasteiger partial charge in [-0.05, 0) is 6.07 Å². The first-order chi connectivity index (χ1) is 7.04. The van der Waals surface area contributed by atoms with Gasteiger partial charge in [0.1, 0.15) is 5.75 Å². The van der Waals surface area contributed by atoms with Gasteiger partial charge in [-0.25, -0.2) is 0 Å². The lowest BCUT2D eigenvalue weighted by Crippen LogP contribution is -2.21. The number of aliphatic hydroxyl groups is 1. The van der Waals surface area contributed by atoms with Crippen molar-refractivity contribution >= 4 is 13.0 Å². The summed E-state index contributed by atoms with van der Waals surface area (Å²) in [5, 5.41) is 36.3. The first-order valence-electron chi connectivity index (χ1n) is 3.95. The molecule has 0 unspecified atom stereocenters. The minimum atomic E-state index is -2.09. The van der Waals surface area contributed by atoms with Crippen LogP contribution in [-0.2, 0) is 6.61 Å². The maximum atomic E-state index is 10.4. The monoisotopic (exact) mass is 231 g/mol. The van der Waals surface area contributed by atoms with Crippen molar-refractivity contribution in [3.05, 3.63) is 33.9 Å². The fraction of sp³-hybridized carbons (Fsp3) is 0.143. The van der Waals surface area contributed by atoms with Crippen LogP contribution in [0.4, 0.5) is 5.69 Å². The highest BCUT2D eigenvalue weighted by molar-refractivity contribution is 6.33. The summed E-state index contributed by atoms with van der Waals surface area (Å²) in [7, 11) is -2.09. The van der Waals surface area contributed by atoms with Gasteiger partial charge in [0.2, 0.25) is 0 Å². The van der Waals surface area contributed by atoms with Crippen LogP contribution in [-0.4, -0.2) is 32.9 Å². The number of aliphatic hydroxyl groups excluding tert-OH is 1. The summed E-state index contributed by atoms with van der Waals surface area (Å²) in [5.41, 5.74) is -0.0310. The van der Waals surface area contributed by atoms with Crippen LogP contribution in [0.25, 0.3) is 0 Å². The van der Waals surface area contributed by atoms with Crippen molar-refractivity contribution in [3.8, 4) is 5.75 Å². The molecule has 9 heteroatoms. The Morgan fingerprint density at radius 2 is 2.06 bits per heavy atom. The second-order valence-corrected chi connectivity index (χ2v) is 2.65. The summed E-state index contributed by atoms with van der Waals surface area (Å²) >= 11 is 0. The van der Waals surface area contributed by atoms with Gasteiger partial charge in [0.05, 0.1) is 17.6 Å². The Morgan fingerprint density at radius 1 is 1.44 bits per heavy atom. The van der Waals surface area contributed by atoms with Gasteiger partial charge in [-0.1, -0.05) is 0 Å². The predicted molar refractivity (Wildman–Crippen MR) is 53.5 cm³/mol. The van der Waals surface area contributed by atoms with E-state index in [0.29, 0.717) is 0 Å². The molecule has 1 aromatic carbocycles. The molecule has 0 aromatic heterocycles. The van der Waals surface area contributed by atoms with Crippen LogP contribution in [0.1, 0.15) is 5.56 Å². The first kappa shape index (κ1) is 14.3. The van der Waals surface area contributed by atoms with Crippen LogP contribution in [0.15, 0.2) is 18.2 Å². The molecule has 8 nitrogen and oxygen atoms in total. The molecule has 0 aliphatic carbocycles. The smallest absolute Gasteiger partial charge is 0.511 e. The minimum Gasteiger partial charge on any atom is -0.511 e. The molecule has 0 radical (unpaired) electrons. The molecule has 0 saturated heterocycles. The normalized spacial score (nSPS) is 9.19. The highest BCUT2D eigenvalue weighted by atomic mass is 16.6. The van der Waals surface area contributed by atoms with Gasteiger partial charge in [0, 0.05) is 11.6 Å². The fourth-order valence-electron chi connectivity index (χ4n) is 1.01. The standard InChI is InChI=1S/C7H8BNO6.H2O/c10-4-5-1-2-6(9(13)14)3-7(5)15-8(11)12;/h1-3,10-12H,4H2;1H2. The number of nitro groups is 1. The van der Waals surface area contributed by atoms with E-state index in [0.717, 1.165) is 6.07 Å². The van der Waals surface area contributed by atoms with E-state index in [4.69, 9.17) is 15.2 Å². The average Bonchev–Trinajstić information content (AvgIpc) is 2.16. The lowest BCUT2D eigenvalue weighted by Gasteiger charge is -2.08. The first-order valence-corrected chi connectivity index (χ1v) is 3.95. The van der Waals surface area contributed by atoms with Gasteiger partial charge >= 0.3 is 7.32 Å². The molecule has 0 aliphatic rings. The highest BCUT2D eigenvalue weighted by Gasteiger charge is 2.17. The zero-order valence-electron chi connectivity index (χ0n) is 8.03. The van der Waals surface area contributed by atoms with Crippen LogP contribution in [0.3, 0.4) is 0 Å². The van der Waals surface area contributed by atoms with Crippen LogP contribution in [0, 0.1) is 10.1 Å². The summed E-state index contributed by atoms with van der Waals surface area (Å²) < 4.78 is 4.47. The van der Waals surface area contributed by atoms with Crippen molar-refractivity contribution in [1.82, 2.24) is 0 Å². The van der Waals surface area contributed by atoms with Crippen molar-refractivity contribution in [1.29, 1.82) is 0 Å². The fourth-order valence-corrected chi connectivity index (χ4v) is 1.01. The summed E-state index contributed by atoms with van der Waals surface area (Å²) in [6.07, 6.45) is 0. The zero-order chi connectivity index (χ0) is 11.4. The molecular formula is C7H10BNO7. The van der Waals surface area contributed by atoms with Crippen molar-refractivity contribution in [2.75, 3.05) is 0 Å². The van der Waals surface area contributed by atoms with Gasteiger partial charge in [0.25, 0.3) is 5.69 Å². The third kappa shape index (κ3) is 3.48. The molecule has 0 bridgehead atoms. The Morgan fingerprint density at radius 3 is 2.50 bits per heavy atom. The van der Waals surface area contributed by atoms with Gasteiger partial charge in [-0.15, -0.1) is 0 Å². The maximum absolute atomic E-state index is 10.4. The van der Waals surface area contributed by atoms with E-state index in [1.165, 1.54) is 12.1 Å². The molecule has 88 valence electrons. The lowest BCUT2D eigenvalue weighted by atomic mass is 10.1. The third-order valence-corrected chi connectivity index (χ3v) is 1.66. The highest BCUT2D eigenvalue weighted by Crippen LogP contribution is 2.24. The minimum absolute atomic E-state index is 0. The molecule has 0 heterocycles. The molecule has 0 spiro atoms. The van der Waals surface area contributed by atoms with Crippen molar-refractivity contribution in [3.63, 3.8) is 0 Å². The summed E-state index contributed by atoms with van der Waals surface area (Å²) in [6.45, 7) is -0.417. The Bertz CT molecular complexity index is 370. The number of hydrogen-bond acceptors (Lipinski definition) is 6. The number of nitrogens with zero attached hydrogens (tertiary/aromatic N) is 1. The molecule has 16 heavy (non-hydrogen) atoms. The SMILES string of the molecule is O.O=[N+]([O-])c1ccc(CO)c(OB(O)O)c1. The Kier molecular flexibility index (Phi) is 5.40. The molecule has 0 fully saturated rings. The van der Waals surface area contributed by atoms with Crippen LogP contribution < -0.4 is 4.65 Å². The van der Waals surface area contributed by atoms with Gasteiger partial charge in [0.15, 0.2) is 0 Å². The number of non-ortho nitro benzene ring substituents is 1. The molecule has 0 aliphatic heterocycles. The van der Waals surface area contributed by atoms with Crippen molar-refractivity contribution in [2.24, 2.45) is 0 Å². The second-order valence-electron chi connectivity index (χ2n) is 2.65. The molecule has 1 rings (SSSR count). The molecule has 1 aromatic rings. The second kappa shape index (κ2) is 6.03. The lowest BCUT2D eigenvalue weighted by molar-refractivity contribution is -0.384. The number of benzene rings is 1. The number of rotatable bonds is 4. The third-order valence-electron chi connectivity index (χ3n) is 1.66. The summed E-state index contributed by atoms with van der Waals surface area (Å²) in [4.78, 5) is 9.75. The molecule has 0 atom stereocenters. The van der Waals surface area contributed by atoms with E-state index in [9.17, 15) is 10.1 Å².